The smallest absolute Gasteiger partial charge is 0.244 e. The minimum Gasteiger partial charge on any atom is -0.325 e. The summed E-state index contributed by atoms with van der Waals surface area (Å²) in [5.41, 5.74) is 2.49. The number of benzene rings is 1. The second-order valence-electron chi connectivity index (χ2n) is 4.77. The van der Waals surface area contributed by atoms with Crippen molar-refractivity contribution in [2.24, 2.45) is 0 Å². The van der Waals surface area contributed by atoms with Crippen LogP contribution in [0.25, 0.3) is 11.3 Å². The normalized spacial score (nSPS) is 10.3. The molecule has 0 spiro atoms. The van der Waals surface area contributed by atoms with Gasteiger partial charge in [0.2, 0.25) is 11.7 Å². The van der Waals surface area contributed by atoms with Crippen molar-refractivity contribution in [2.75, 3.05) is 5.32 Å². The molecule has 0 saturated heterocycles. The van der Waals surface area contributed by atoms with Crippen molar-refractivity contribution in [3.63, 3.8) is 0 Å². The summed E-state index contributed by atoms with van der Waals surface area (Å²) < 4.78 is 1.39. The lowest BCUT2D eigenvalue weighted by molar-refractivity contribution is -0.116. The molecular formula is C15H12N6OS. The summed E-state index contributed by atoms with van der Waals surface area (Å²) in [5, 5.41) is 21.9. The third-order valence-electron chi connectivity index (χ3n) is 3.09. The Hall–Kier alpha value is -3.05. The summed E-state index contributed by atoms with van der Waals surface area (Å²) in [5.74, 6) is -0.153. The van der Waals surface area contributed by atoms with Gasteiger partial charge in [0.15, 0.2) is 0 Å². The Morgan fingerprint density at radius 1 is 1.48 bits per heavy atom. The van der Waals surface area contributed by atoms with Crippen molar-refractivity contribution in [3.05, 3.63) is 46.8 Å². The van der Waals surface area contributed by atoms with Crippen LogP contribution in [0.15, 0.2) is 36.0 Å². The molecule has 1 N–H and O–H groups in total. The van der Waals surface area contributed by atoms with Gasteiger partial charge in [-0.05, 0) is 19.1 Å². The highest BCUT2D eigenvalue weighted by molar-refractivity contribution is 7.09. The van der Waals surface area contributed by atoms with Gasteiger partial charge in [0.25, 0.3) is 0 Å². The molecule has 0 aliphatic rings. The summed E-state index contributed by atoms with van der Waals surface area (Å²) in [4.78, 5) is 16.5. The van der Waals surface area contributed by atoms with Gasteiger partial charge in [0.05, 0.1) is 10.7 Å². The second-order valence-corrected chi connectivity index (χ2v) is 5.84. The lowest BCUT2D eigenvalue weighted by atomic mass is 10.1. The molecule has 0 aliphatic carbocycles. The van der Waals surface area contributed by atoms with Gasteiger partial charge in [-0.3, -0.25) is 9.36 Å². The number of aromatic nitrogens is 4. The first-order valence-corrected chi connectivity index (χ1v) is 7.64. The second kappa shape index (κ2) is 6.37. The van der Waals surface area contributed by atoms with Gasteiger partial charge in [0.1, 0.15) is 18.9 Å². The van der Waals surface area contributed by atoms with E-state index in [1.807, 2.05) is 36.6 Å². The van der Waals surface area contributed by atoms with E-state index in [9.17, 15) is 4.79 Å². The molecule has 0 atom stereocenters. The fraction of sp³-hybridized carbons (Fsp3) is 0.133. The lowest BCUT2D eigenvalue weighted by Gasteiger charge is -2.07. The number of amides is 1. The molecule has 0 radical (unpaired) electrons. The van der Waals surface area contributed by atoms with Gasteiger partial charge >= 0.3 is 0 Å². The van der Waals surface area contributed by atoms with E-state index >= 15 is 0 Å². The van der Waals surface area contributed by atoms with Crippen molar-refractivity contribution in [1.82, 2.24) is 19.7 Å². The number of nitrogens with one attached hydrogen (secondary N) is 1. The SMILES string of the molecule is Cc1nc(-c2cccc(NC(=O)Cn3cnnc3C#N)c2)cs1. The van der Waals surface area contributed by atoms with E-state index in [2.05, 4.69) is 20.5 Å². The van der Waals surface area contributed by atoms with Crippen LogP contribution in [0.5, 0.6) is 0 Å². The summed E-state index contributed by atoms with van der Waals surface area (Å²) in [6.45, 7) is 1.93. The molecule has 3 aromatic rings. The average molecular weight is 324 g/mol. The number of rotatable bonds is 4. The summed E-state index contributed by atoms with van der Waals surface area (Å²) >= 11 is 1.58. The van der Waals surface area contributed by atoms with Crippen LogP contribution in [0.4, 0.5) is 5.69 Å². The molecule has 114 valence electrons. The number of nitrogens with zero attached hydrogens (tertiary/aromatic N) is 5. The molecule has 2 heterocycles. The predicted octanol–water partition coefficient (Wildman–Crippen LogP) is 2.22. The van der Waals surface area contributed by atoms with Crippen molar-refractivity contribution in [3.8, 4) is 17.3 Å². The van der Waals surface area contributed by atoms with E-state index in [4.69, 9.17) is 5.26 Å². The Morgan fingerprint density at radius 2 is 2.35 bits per heavy atom. The predicted molar refractivity (Wildman–Crippen MR) is 85.7 cm³/mol. The van der Waals surface area contributed by atoms with E-state index in [0.29, 0.717) is 5.69 Å². The lowest BCUT2D eigenvalue weighted by Crippen LogP contribution is -2.19. The Balaban J connectivity index is 1.73. The Labute approximate surface area is 136 Å². The van der Waals surface area contributed by atoms with Crippen LogP contribution in [0.2, 0.25) is 0 Å². The fourth-order valence-electron chi connectivity index (χ4n) is 2.06. The summed E-state index contributed by atoms with van der Waals surface area (Å²) in [6.07, 6.45) is 1.35. The maximum absolute atomic E-state index is 12.1. The van der Waals surface area contributed by atoms with Crippen LogP contribution >= 0.6 is 11.3 Å². The third-order valence-corrected chi connectivity index (χ3v) is 3.86. The van der Waals surface area contributed by atoms with E-state index < -0.39 is 0 Å². The Bertz CT molecular complexity index is 891. The fourth-order valence-corrected chi connectivity index (χ4v) is 2.69. The molecule has 0 saturated carbocycles. The van der Waals surface area contributed by atoms with E-state index in [1.165, 1.54) is 10.9 Å². The Morgan fingerprint density at radius 3 is 3.09 bits per heavy atom. The molecule has 0 unspecified atom stereocenters. The maximum Gasteiger partial charge on any atom is 0.244 e. The zero-order chi connectivity index (χ0) is 16.2. The average Bonchev–Trinajstić information content (AvgIpc) is 3.16. The highest BCUT2D eigenvalue weighted by Gasteiger charge is 2.09. The van der Waals surface area contributed by atoms with Gasteiger partial charge < -0.3 is 5.32 Å². The first-order chi connectivity index (χ1) is 11.2. The molecule has 0 aliphatic heterocycles. The van der Waals surface area contributed by atoms with Gasteiger partial charge in [-0.15, -0.1) is 21.5 Å². The van der Waals surface area contributed by atoms with E-state index in [1.54, 1.807) is 17.4 Å². The number of hydrogen-bond donors (Lipinski definition) is 1. The first-order valence-electron chi connectivity index (χ1n) is 6.76. The van der Waals surface area contributed by atoms with Crippen LogP contribution < -0.4 is 5.32 Å². The van der Waals surface area contributed by atoms with Crippen molar-refractivity contribution >= 4 is 22.9 Å². The molecule has 0 fully saturated rings. The van der Waals surface area contributed by atoms with Crippen LogP contribution in [0.3, 0.4) is 0 Å². The van der Waals surface area contributed by atoms with Crippen molar-refractivity contribution in [1.29, 1.82) is 5.26 Å². The molecule has 8 heteroatoms. The van der Waals surface area contributed by atoms with Crippen LogP contribution in [0, 0.1) is 18.3 Å². The largest absolute Gasteiger partial charge is 0.325 e. The van der Waals surface area contributed by atoms with E-state index in [-0.39, 0.29) is 18.3 Å². The Kier molecular flexibility index (Phi) is 4.12. The van der Waals surface area contributed by atoms with Gasteiger partial charge in [0, 0.05) is 16.6 Å². The monoisotopic (exact) mass is 324 g/mol. The molecule has 1 amide bonds. The maximum atomic E-state index is 12.1. The minimum atomic E-state index is -0.257. The van der Waals surface area contributed by atoms with Gasteiger partial charge in [-0.25, -0.2) is 4.98 Å². The van der Waals surface area contributed by atoms with Gasteiger partial charge in [-0.2, -0.15) is 5.26 Å². The summed E-state index contributed by atoms with van der Waals surface area (Å²) in [7, 11) is 0. The number of carbonyl (C=O) groups excluding carboxylic acids is 1. The van der Waals surface area contributed by atoms with Gasteiger partial charge in [-0.1, -0.05) is 12.1 Å². The zero-order valence-corrected chi connectivity index (χ0v) is 13.0. The van der Waals surface area contributed by atoms with Crippen LogP contribution in [0.1, 0.15) is 10.8 Å². The number of anilines is 1. The molecule has 0 bridgehead atoms. The van der Waals surface area contributed by atoms with Crippen LogP contribution in [-0.2, 0) is 11.3 Å². The van der Waals surface area contributed by atoms with Crippen molar-refractivity contribution in [2.45, 2.75) is 13.5 Å². The minimum absolute atomic E-state index is 0.0179. The molecule has 7 nitrogen and oxygen atoms in total. The number of thiazole rings is 1. The molecule has 2 aromatic heterocycles. The van der Waals surface area contributed by atoms with Crippen molar-refractivity contribution < 1.29 is 4.79 Å². The molecule has 1 aromatic carbocycles. The highest BCUT2D eigenvalue weighted by atomic mass is 32.1. The molecule has 3 rings (SSSR count). The first kappa shape index (κ1) is 14.9. The molecular weight excluding hydrogens is 312 g/mol. The van der Waals surface area contributed by atoms with E-state index in [0.717, 1.165) is 16.3 Å². The number of nitriles is 1. The highest BCUT2D eigenvalue weighted by Crippen LogP contribution is 2.24. The quantitative estimate of drug-likeness (QED) is 0.793. The summed E-state index contributed by atoms with van der Waals surface area (Å²) in [6, 6.07) is 9.35. The zero-order valence-electron chi connectivity index (χ0n) is 12.2. The number of carbonyl (C=O) groups is 1. The number of aryl methyl sites for hydroxylation is 1. The topological polar surface area (TPSA) is 96.5 Å². The number of hydrogen-bond acceptors (Lipinski definition) is 6. The van der Waals surface area contributed by atoms with Crippen LogP contribution in [-0.4, -0.2) is 25.7 Å². The third kappa shape index (κ3) is 3.41. The standard InChI is InChI=1S/C15H12N6OS/c1-10-18-13(8-23-10)11-3-2-4-12(5-11)19-15(22)7-21-9-17-20-14(21)6-16/h2-5,8-9H,7H2,1H3,(H,19,22). The molecule has 23 heavy (non-hydrogen) atoms.